The molecule has 6 nitrogen and oxygen atoms in total. The third kappa shape index (κ3) is 5.01. The zero-order chi connectivity index (χ0) is 22.0. The highest BCUT2D eigenvalue weighted by Gasteiger charge is 2.33. The predicted octanol–water partition coefficient (Wildman–Crippen LogP) is 4.23. The Hall–Kier alpha value is -2.60. The second kappa shape index (κ2) is 8.87. The standard InChI is InChI=1S/C25H33N3O3/c1-17-12-21-22(31-16-30-21)13-19(17)15-28-11-7-8-18(14-28)23(20-9-5-6-10-26-20)27-24(29)25(2,3)4/h5-6,9-10,12-13,18,23H,7-8,11,14-16H2,1-4H3,(H,27,29)/t18-,23+/m0/s1. The topological polar surface area (TPSA) is 63.7 Å². The molecule has 166 valence electrons. The zero-order valence-electron chi connectivity index (χ0n) is 19.0. The minimum Gasteiger partial charge on any atom is -0.454 e. The van der Waals surface area contributed by atoms with Crippen LogP contribution in [-0.2, 0) is 11.3 Å². The third-order valence-electron chi connectivity index (χ3n) is 6.21. The van der Waals surface area contributed by atoms with Crippen LogP contribution in [0.4, 0.5) is 0 Å². The zero-order valence-corrected chi connectivity index (χ0v) is 19.0. The molecule has 2 aliphatic rings. The number of nitrogens with zero attached hydrogens (tertiary/aromatic N) is 2. The molecular weight excluding hydrogens is 390 g/mol. The molecule has 1 N–H and O–H groups in total. The van der Waals surface area contributed by atoms with Crippen molar-refractivity contribution in [3.05, 3.63) is 53.3 Å². The normalized spacial score (nSPS) is 19.8. The summed E-state index contributed by atoms with van der Waals surface area (Å²) in [5.74, 6) is 2.03. The van der Waals surface area contributed by atoms with Crippen LogP contribution in [-0.4, -0.2) is 35.7 Å². The Bertz CT molecular complexity index is 924. The van der Waals surface area contributed by atoms with Crippen LogP contribution in [0.25, 0.3) is 0 Å². The van der Waals surface area contributed by atoms with Crippen LogP contribution < -0.4 is 14.8 Å². The average Bonchev–Trinajstić information content (AvgIpc) is 3.19. The van der Waals surface area contributed by atoms with Gasteiger partial charge in [-0.15, -0.1) is 0 Å². The second-order valence-electron chi connectivity index (χ2n) is 9.73. The number of aryl methyl sites for hydroxylation is 1. The Kier molecular flexibility index (Phi) is 6.19. The van der Waals surface area contributed by atoms with Crippen molar-refractivity contribution in [3.8, 4) is 11.5 Å². The molecule has 0 bridgehead atoms. The van der Waals surface area contributed by atoms with Crippen LogP contribution in [0.1, 0.15) is 56.5 Å². The number of hydrogen-bond donors (Lipinski definition) is 1. The van der Waals surface area contributed by atoms with E-state index in [1.165, 1.54) is 11.1 Å². The minimum atomic E-state index is -0.440. The molecule has 31 heavy (non-hydrogen) atoms. The summed E-state index contributed by atoms with van der Waals surface area (Å²) in [7, 11) is 0. The summed E-state index contributed by atoms with van der Waals surface area (Å²) in [4.78, 5) is 19.9. The highest BCUT2D eigenvalue weighted by molar-refractivity contribution is 5.81. The Balaban J connectivity index is 1.51. The summed E-state index contributed by atoms with van der Waals surface area (Å²) < 4.78 is 11.1. The summed E-state index contributed by atoms with van der Waals surface area (Å²) >= 11 is 0. The molecule has 0 saturated carbocycles. The first-order valence-corrected chi connectivity index (χ1v) is 11.1. The van der Waals surface area contributed by atoms with E-state index >= 15 is 0 Å². The van der Waals surface area contributed by atoms with E-state index in [0.717, 1.165) is 49.7 Å². The fourth-order valence-electron chi connectivity index (χ4n) is 4.35. The lowest BCUT2D eigenvalue weighted by Gasteiger charge is -2.38. The van der Waals surface area contributed by atoms with Gasteiger partial charge in [-0.25, -0.2) is 0 Å². The van der Waals surface area contributed by atoms with E-state index in [4.69, 9.17) is 9.47 Å². The maximum atomic E-state index is 12.8. The van der Waals surface area contributed by atoms with Crippen LogP contribution in [0.15, 0.2) is 36.5 Å². The Morgan fingerprint density at radius 1 is 1.26 bits per heavy atom. The van der Waals surface area contributed by atoms with Crippen molar-refractivity contribution in [2.75, 3.05) is 19.9 Å². The van der Waals surface area contributed by atoms with Gasteiger partial charge in [-0.2, -0.15) is 0 Å². The van der Waals surface area contributed by atoms with Crippen molar-refractivity contribution in [3.63, 3.8) is 0 Å². The van der Waals surface area contributed by atoms with E-state index in [9.17, 15) is 4.79 Å². The molecule has 1 amide bonds. The van der Waals surface area contributed by atoms with Gasteiger partial charge in [0.05, 0.1) is 11.7 Å². The lowest BCUT2D eigenvalue weighted by Crippen LogP contribution is -2.45. The van der Waals surface area contributed by atoms with Gasteiger partial charge in [-0.3, -0.25) is 14.7 Å². The third-order valence-corrected chi connectivity index (χ3v) is 6.21. The molecule has 3 heterocycles. The molecule has 2 aliphatic heterocycles. The lowest BCUT2D eigenvalue weighted by molar-refractivity contribution is -0.130. The first kappa shape index (κ1) is 21.6. The first-order valence-electron chi connectivity index (χ1n) is 11.1. The highest BCUT2D eigenvalue weighted by atomic mass is 16.7. The summed E-state index contributed by atoms with van der Waals surface area (Å²) in [6.07, 6.45) is 3.98. The molecule has 1 fully saturated rings. The van der Waals surface area contributed by atoms with Crippen LogP contribution in [0, 0.1) is 18.3 Å². The van der Waals surface area contributed by atoms with Gasteiger partial charge in [0, 0.05) is 24.7 Å². The summed E-state index contributed by atoms with van der Waals surface area (Å²) in [5, 5.41) is 3.31. The van der Waals surface area contributed by atoms with Crippen LogP contribution >= 0.6 is 0 Å². The highest BCUT2D eigenvalue weighted by Crippen LogP contribution is 2.36. The average molecular weight is 424 g/mol. The quantitative estimate of drug-likeness (QED) is 0.780. The number of fused-ring (bicyclic) bond motifs is 1. The monoisotopic (exact) mass is 423 g/mol. The number of rotatable bonds is 5. The number of carbonyl (C=O) groups excluding carboxylic acids is 1. The maximum absolute atomic E-state index is 12.8. The summed E-state index contributed by atoms with van der Waals surface area (Å²) in [6.45, 7) is 11.1. The molecule has 0 unspecified atom stereocenters. The van der Waals surface area contributed by atoms with E-state index in [1.807, 2.05) is 45.2 Å². The van der Waals surface area contributed by atoms with Crippen LogP contribution in [0.2, 0.25) is 0 Å². The van der Waals surface area contributed by atoms with Crippen molar-refractivity contribution >= 4 is 5.91 Å². The largest absolute Gasteiger partial charge is 0.454 e. The fourth-order valence-corrected chi connectivity index (χ4v) is 4.35. The number of nitrogens with one attached hydrogen (secondary N) is 1. The Morgan fingerprint density at radius 3 is 2.74 bits per heavy atom. The molecule has 0 radical (unpaired) electrons. The van der Waals surface area contributed by atoms with Gasteiger partial charge in [0.15, 0.2) is 11.5 Å². The molecular formula is C25H33N3O3. The van der Waals surface area contributed by atoms with Gasteiger partial charge in [0.25, 0.3) is 0 Å². The van der Waals surface area contributed by atoms with Gasteiger partial charge in [0.2, 0.25) is 12.7 Å². The van der Waals surface area contributed by atoms with Gasteiger partial charge in [-0.05, 0) is 67.6 Å². The number of ether oxygens (including phenoxy) is 2. The van der Waals surface area contributed by atoms with Crippen LogP contribution in [0.5, 0.6) is 11.5 Å². The predicted molar refractivity (Wildman–Crippen MR) is 120 cm³/mol. The number of piperidine rings is 1. The smallest absolute Gasteiger partial charge is 0.231 e. The van der Waals surface area contributed by atoms with Crippen molar-refractivity contribution in [1.29, 1.82) is 0 Å². The van der Waals surface area contributed by atoms with E-state index in [2.05, 4.69) is 34.3 Å². The van der Waals surface area contributed by atoms with Gasteiger partial charge >= 0.3 is 0 Å². The number of hydrogen-bond acceptors (Lipinski definition) is 5. The summed E-state index contributed by atoms with van der Waals surface area (Å²) in [6, 6.07) is 10.0. The lowest BCUT2D eigenvalue weighted by atomic mass is 9.86. The first-order chi connectivity index (χ1) is 14.8. The number of pyridine rings is 1. The number of likely N-dealkylation sites (tertiary alicyclic amines) is 1. The minimum absolute atomic E-state index is 0.0619. The van der Waals surface area contributed by atoms with Crippen LogP contribution in [0.3, 0.4) is 0 Å². The van der Waals surface area contributed by atoms with E-state index < -0.39 is 5.41 Å². The van der Waals surface area contributed by atoms with Crippen molar-refractivity contribution < 1.29 is 14.3 Å². The van der Waals surface area contributed by atoms with E-state index in [-0.39, 0.29) is 11.9 Å². The van der Waals surface area contributed by atoms with Crippen molar-refractivity contribution in [2.24, 2.45) is 11.3 Å². The van der Waals surface area contributed by atoms with Gasteiger partial charge in [-0.1, -0.05) is 26.8 Å². The van der Waals surface area contributed by atoms with E-state index in [0.29, 0.717) is 12.7 Å². The molecule has 4 rings (SSSR count). The molecule has 2 aromatic rings. The molecule has 0 spiro atoms. The summed E-state index contributed by atoms with van der Waals surface area (Å²) in [5.41, 5.74) is 2.98. The molecule has 6 heteroatoms. The fraction of sp³-hybridized carbons (Fsp3) is 0.520. The number of benzene rings is 1. The molecule has 1 saturated heterocycles. The van der Waals surface area contributed by atoms with E-state index in [1.54, 1.807) is 0 Å². The second-order valence-corrected chi connectivity index (χ2v) is 9.73. The maximum Gasteiger partial charge on any atom is 0.231 e. The van der Waals surface area contributed by atoms with Gasteiger partial charge in [0.1, 0.15) is 0 Å². The molecule has 1 aromatic heterocycles. The molecule has 0 aliphatic carbocycles. The molecule has 2 atom stereocenters. The molecule has 1 aromatic carbocycles. The van der Waals surface area contributed by atoms with Crippen molar-refractivity contribution in [1.82, 2.24) is 15.2 Å². The Labute approximate surface area is 185 Å². The van der Waals surface area contributed by atoms with Crippen molar-refractivity contribution in [2.45, 2.75) is 53.1 Å². The number of amides is 1. The number of carbonyl (C=O) groups is 1. The number of aromatic nitrogens is 1. The SMILES string of the molecule is Cc1cc2c(cc1CN1CCC[C@H]([C@@H](NC(=O)C(C)(C)C)c3ccccn3)C1)OCO2. The van der Waals surface area contributed by atoms with Gasteiger partial charge < -0.3 is 14.8 Å². The Morgan fingerprint density at radius 2 is 2.03 bits per heavy atom.